The second-order valence-corrected chi connectivity index (χ2v) is 5.06. The summed E-state index contributed by atoms with van der Waals surface area (Å²) in [7, 11) is 0. The molecule has 0 heterocycles. The highest BCUT2D eigenvalue weighted by Gasteiger charge is 2.08. The Kier molecular flexibility index (Phi) is 4.06. The van der Waals surface area contributed by atoms with Gasteiger partial charge in [-0.25, -0.2) is 0 Å². The largest absolute Gasteiger partial charge is 0.399 e. The monoisotopic (exact) mass is 319 g/mol. The van der Waals surface area contributed by atoms with Gasteiger partial charge in [0, 0.05) is 22.4 Å². The molecule has 5 heteroatoms. The van der Waals surface area contributed by atoms with Gasteiger partial charge in [0.1, 0.15) is 0 Å². The Morgan fingerprint density at radius 3 is 2.47 bits per heavy atom. The molecular weight excluding hydrogens is 306 g/mol. The molecule has 0 aliphatic heterocycles. The zero-order valence-corrected chi connectivity index (χ0v) is 11.8. The average molecular weight is 320 g/mol. The molecule has 2 aromatic rings. The number of anilines is 2. The molecule has 0 radical (unpaired) electrons. The van der Waals surface area contributed by atoms with Gasteiger partial charge in [-0.3, -0.25) is 4.79 Å². The lowest BCUT2D eigenvalue weighted by molar-refractivity contribution is 0.100. The highest BCUT2D eigenvalue weighted by atomic mass is 79.9. The van der Waals surface area contributed by atoms with Crippen molar-refractivity contribution in [3.8, 4) is 0 Å². The lowest BCUT2D eigenvalue weighted by Crippen LogP contribution is -2.14. The van der Waals surface area contributed by atoms with Crippen molar-refractivity contribution >= 4 is 33.2 Å². The predicted octanol–water partition coefficient (Wildman–Crippen LogP) is 2.74. The number of benzene rings is 2. The molecule has 0 unspecified atom stereocenters. The molecule has 0 atom stereocenters. The topological polar surface area (TPSA) is 81.1 Å². The van der Waals surface area contributed by atoms with Gasteiger partial charge in [0.15, 0.2) is 0 Å². The van der Waals surface area contributed by atoms with Gasteiger partial charge in [0.2, 0.25) is 0 Å². The third-order valence-corrected chi connectivity index (χ3v) is 3.20. The third kappa shape index (κ3) is 3.48. The van der Waals surface area contributed by atoms with Crippen LogP contribution in [0, 0.1) is 0 Å². The molecule has 2 rings (SSSR count). The van der Waals surface area contributed by atoms with E-state index in [2.05, 4.69) is 21.2 Å². The fraction of sp³-hybridized carbons (Fsp3) is 0.0714. The van der Waals surface area contributed by atoms with Crippen LogP contribution in [0.15, 0.2) is 46.9 Å². The Hall–Kier alpha value is -2.01. The number of nitrogens with two attached hydrogens (primary N) is 2. The molecule has 98 valence electrons. The van der Waals surface area contributed by atoms with Gasteiger partial charge in [-0.05, 0) is 35.9 Å². The molecule has 19 heavy (non-hydrogen) atoms. The Balaban J connectivity index is 2.15. The standard InChI is InChI=1S/C14H14BrN3O/c15-10-3-6-13(12(7-10)14(17)19)18-8-9-1-4-11(16)5-2-9/h1-7,18H,8,16H2,(H2,17,19). The number of nitrogens with one attached hydrogen (secondary N) is 1. The molecule has 0 saturated heterocycles. The predicted molar refractivity (Wildman–Crippen MR) is 80.8 cm³/mol. The smallest absolute Gasteiger partial charge is 0.250 e. The number of hydrogen-bond donors (Lipinski definition) is 3. The third-order valence-electron chi connectivity index (χ3n) is 2.71. The van der Waals surface area contributed by atoms with Crippen molar-refractivity contribution < 1.29 is 4.79 Å². The van der Waals surface area contributed by atoms with Crippen molar-refractivity contribution in [3.05, 3.63) is 58.1 Å². The maximum atomic E-state index is 11.4. The van der Waals surface area contributed by atoms with Crippen LogP contribution in [0.5, 0.6) is 0 Å². The van der Waals surface area contributed by atoms with Gasteiger partial charge in [0.25, 0.3) is 5.91 Å². The number of halogens is 1. The molecule has 0 aliphatic carbocycles. The first-order chi connectivity index (χ1) is 9.06. The van der Waals surface area contributed by atoms with Crippen molar-refractivity contribution in [2.24, 2.45) is 5.73 Å². The molecule has 0 bridgehead atoms. The number of hydrogen-bond acceptors (Lipinski definition) is 3. The number of primary amides is 1. The average Bonchev–Trinajstić information content (AvgIpc) is 2.39. The van der Waals surface area contributed by atoms with Crippen LogP contribution < -0.4 is 16.8 Å². The Morgan fingerprint density at radius 2 is 1.84 bits per heavy atom. The van der Waals surface area contributed by atoms with Gasteiger partial charge in [-0.15, -0.1) is 0 Å². The molecular formula is C14H14BrN3O. The minimum atomic E-state index is -0.457. The van der Waals surface area contributed by atoms with E-state index in [1.54, 1.807) is 6.07 Å². The summed E-state index contributed by atoms with van der Waals surface area (Å²) in [6.07, 6.45) is 0. The first-order valence-electron chi connectivity index (χ1n) is 5.74. The van der Waals surface area contributed by atoms with Crippen molar-refractivity contribution in [2.45, 2.75) is 6.54 Å². The summed E-state index contributed by atoms with van der Waals surface area (Å²) in [5.74, 6) is -0.457. The Labute approximate surface area is 119 Å². The molecule has 5 N–H and O–H groups in total. The molecule has 0 spiro atoms. The second-order valence-electron chi connectivity index (χ2n) is 4.15. The van der Waals surface area contributed by atoms with Crippen LogP contribution in [0.4, 0.5) is 11.4 Å². The molecule has 0 saturated carbocycles. The van der Waals surface area contributed by atoms with Crippen LogP contribution in [0.2, 0.25) is 0 Å². The summed E-state index contributed by atoms with van der Waals surface area (Å²) in [4.78, 5) is 11.4. The lowest BCUT2D eigenvalue weighted by atomic mass is 10.1. The normalized spacial score (nSPS) is 10.2. The van der Waals surface area contributed by atoms with E-state index >= 15 is 0 Å². The SMILES string of the molecule is NC(=O)c1cc(Br)ccc1NCc1ccc(N)cc1. The summed E-state index contributed by atoms with van der Waals surface area (Å²) < 4.78 is 0.819. The van der Waals surface area contributed by atoms with Crippen LogP contribution in [-0.2, 0) is 6.54 Å². The van der Waals surface area contributed by atoms with Gasteiger partial charge in [-0.2, -0.15) is 0 Å². The molecule has 0 aromatic heterocycles. The van der Waals surface area contributed by atoms with Crippen LogP contribution in [0.1, 0.15) is 15.9 Å². The van der Waals surface area contributed by atoms with E-state index in [1.807, 2.05) is 36.4 Å². The minimum absolute atomic E-state index is 0.457. The van der Waals surface area contributed by atoms with E-state index in [4.69, 9.17) is 11.5 Å². The van der Waals surface area contributed by atoms with Crippen LogP contribution in [0.3, 0.4) is 0 Å². The van der Waals surface area contributed by atoms with Crippen LogP contribution >= 0.6 is 15.9 Å². The number of amides is 1. The first-order valence-corrected chi connectivity index (χ1v) is 6.53. The molecule has 0 aliphatic rings. The highest BCUT2D eigenvalue weighted by molar-refractivity contribution is 9.10. The van der Waals surface area contributed by atoms with Gasteiger partial charge in [-0.1, -0.05) is 28.1 Å². The lowest BCUT2D eigenvalue weighted by Gasteiger charge is -2.10. The van der Waals surface area contributed by atoms with Gasteiger partial charge in [0.05, 0.1) is 5.56 Å². The zero-order chi connectivity index (χ0) is 13.8. The van der Waals surface area contributed by atoms with Crippen molar-refractivity contribution in [1.82, 2.24) is 0 Å². The number of carbonyl (C=O) groups excluding carboxylic acids is 1. The van der Waals surface area contributed by atoms with Crippen LogP contribution in [-0.4, -0.2) is 5.91 Å². The van der Waals surface area contributed by atoms with Crippen LogP contribution in [0.25, 0.3) is 0 Å². The summed E-state index contributed by atoms with van der Waals surface area (Å²) in [5.41, 5.74) is 14.0. The summed E-state index contributed by atoms with van der Waals surface area (Å²) in [6.45, 7) is 0.599. The first kappa shape index (κ1) is 13.4. The fourth-order valence-corrected chi connectivity index (χ4v) is 2.07. The number of rotatable bonds is 4. The fourth-order valence-electron chi connectivity index (χ4n) is 1.71. The zero-order valence-electron chi connectivity index (χ0n) is 10.2. The number of carbonyl (C=O) groups is 1. The Bertz CT molecular complexity index is 596. The number of nitrogen functional groups attached to an aromatic ring is 1. The molecule has 1 amide bonds. The Morgan fingerprint density at radius 1 is 1.16 bits per heavy atom. The van der Waals surface area contributed by atoms with E-state index in [-0.39, 0.29) is 0 Å². The van der Waals surface area contributed by atoms with Crippen molar-refractivity contribution in [2.75, 3.05) is 11.1 Å². The van der Waals surface area contributed by atoms with E-state index < -0.39 is 5.91 Å². The molecule has 2 aromatic carbocycles. The van der Waals surface area contributed by atoms with Gasteiger partial charge >= 0.3 is 0 Å². The van der Waals surface area contributed by atoms with Crippen molar-refractivity contribution in [1.29, 1.82) is 0 Å². The maximum absolute atomic E-state index is 11.4. The summed E-state index contributed by atoms with van der Waals surface area (Å²) in [5, 5.41) is 3.20. The molecule has 4 nitrogen and oxygen atoms in total. The minimum Gasteiger partial charge on any atom is -0.399 e. The summed E-state index contributed by atoms with van der Waals surface area (Å²) >= 11 is 3.32. The van der Waals surface area contributed by atoms with E-state index in [0.717, 1.165) is 15.7 Å². The van der Waals surface area contributed by atoms with E-state index in [9.17, 15) is 4.79 Å². The maximum Gasteiger partial charge on any atom is 0.250 e. The summed E-state index contributed by atoms with van der Waals surface area (Å²) in [6, 6.07) is 12.9. The van der Waals surface area contributed by atoms with Crippen molar-refractivity contribution in [3.63, 3.8) is 0 Å². The molecule has 0 fully saturated rings. The quantitative estimate of drug-likeness (QED) is 0.758. The van der Waals surface area contributed by atoms with Gasteiger partial charge < -0.3 is 16.8 Å². The second kappa shape index (κ2) is 5.75. The van der Waals surface area contributed by atoms with E-state index in [1.165, 1.54) is 0 Å². The van der Waals surface area contributed by atoms with E-state index in [0.29, 0.717) is 17.8 Å². The highest BCUT2D eigenvalue weighted by Crippen LogP contribution is 2.21.